The first-order valence-corrected chi connectivity index (χ1v) is 13.7. The van der Waals surface area contributed by atoms with Crippen molar-refractivity contribution in [3.8, 4) is 11.5 Å². The number of phenolic OH excluding ortho intramolecular Hbond substituents is 1. The molecule has 0 saturated heterocycles. The van der Waals surface area contributed by atoms with Crippen molar-refractivity contribution < 1.29 is 9.84 Å². The van der Waals surface area contributed by atoms with E-state index in [1.165, 1.54) is 56.9 Å². The molecular formula is C31H52O2. The third-order valence-corrected chi connectivity index (χ3v) is 8.06. The lowest BCUT2D eigenvalue weighted by atomic mass is 9.83. The minimum Gasteiger partial charge on any atom is -0.507 e. The third kappa shape index (κ3) is 8.08. The number of benzene rings is 1. The summed E-state index contributed by atoms with van der Waals surface area (Å²) in [6.07, 6.45) is 16.5. The first kappa shape index (κ1) is 27.8. The van der Waals surface area contributed by atoms with Crippen molar-refractivity contribution in [2.24, 2.45) is 17.8 Å². The van der Waals surface area contributed by atoms with Crippen LogP contribution in [0.2, 0.25) is 0 Å². The van der Waals surface area contributed by atoms with Crippen molar-refractivity contribution in [1.82, 2.24) is 0 Å². The van der Waals surface area contributed by atoms with Crippen LogP contribution in [0.25, 0.3) is 0 Å². The molecular weight excluding hydrogens is 404 g/mol. The summed E-state index contributed by atoms with van der Waals surface area (Å²) in [7, 11) is 0. The molecule has 0 aromatic heterocycles. The van der Waals surface area contributed by atoms with Gasteiger partial charge in [-0.3, -0.25) is 0 Å². The quantitative estimate of drug-likeness (QED) is 0.283. The van der Waals surface area contributed by atoms with Gasteiger partial charge in [0.1, 0.15) is 17.1 Å². The van der Waals surface area contributed by atoms with Crippen LogP contribution in [0.5, 0.6) is 11.5 Å². The predicted molar refractivity (Wildman–Crippen MR) is 144 cm³/mol. The van der Waals surface area contributed by atoms with Crippen molar-refractivity contribution in [2.75, 3.05) is 0 Å². The van der Waals surface area contributed by atoms with Gasteiger partial charge in [0.15, 0.2) is 0 Å². The second-order valence-electron chi connectivity index (χ2n) is 11.8. The molecule has 0 amide bonds. The molecule has 0 aliphatic carbocycles. The monoisotopic (exact) mass is 456 g/mol. The average molecular weight is 457 g/mol. The van der Waals surface area contributed by atoms with Gasteiger partial charge in [-0.2, -0.15) is 0 Å². The highest BCUT2D eigenvalue weighted by atomic mass is 16.5. The Morgan fingerprint density at radius 3 is 2.09 bits per heavy atom. The fraction of sp³-hybridized carbons (Fsp3) is 0.742. The number of rotatable bonds is 14. The molecule has 1 aliphatic rings. The van der Waals surface area contributed by atoms with Gasteiger partial charge >= 0.3 is 0 Å². The molecule has 188 valence electrons. The number of hydrogen-bond acceptors (Lipinski definition) is 2. The summed E-state index contributed by atoms with van der Waals surface area (Å²) in [5.41, 5.74) is 4.15. The molecule has 0 saturated carbocycles. The second kappa shape index (κ2) is 12.9. The molecule has 1 N–H and O–H groups in total. The van der Waals surface area contributed by atoms with E-state index in [2.05, 4.69) is 48.1 Å². The molecule has 0 spiro atoms. The Bertz CT molecular complexity index is 763. The largest absolute Gasteiger partial charge is 0.507 e. The van der Waals surface area contributed by atoms with Crippen LogP contribution in [0.1, 0.15) is 121 Å². The van der Waals surface area contributed by atoms with Gasteiger partial charge in [-0.1, -0.05) is 78.7 Å². The molecule has 0 radical (unpaired) electrons. The Labute approximate surface area is 205 Å². The van der Waals surface area contributed by atoms with E-state index in [-0.39, 0.29) is 5.60 Å². The number of aromatic hydroxyl groups is 1. The fourth-order valence-electron chi connectivity index (χ4n) is 5.51. The summed E-state index contributed by atoms with van der Waals surface area (Å²) in [5, 5.41) is 10.7. The molecule has 3 atom stereocenters. The molecule has 1 aromatic rings. The third-order valence-electron chi connectivity index (χ3n) is 8.06. The van der Waals surface area contributed by atoms with Crippen LogP contribution in [-0.4, -0.2) is 10.7 Å². The fourth-order valence-corrected chi connectivity index (χ4v) is 5.51. The molecule has 2 nitrogen and oxygen atoms in total. The lowest BCUT2D eigenvalue weighted by Gasteiger charge is -2.38. The second-order valence-corrected chi connectivity index (χ2v) is 11.8. The lowest BCUT2D eigenvalue weighted by molar-refractivity contribution is 0.0511. The highest BCUT2D eigenvalue weighted by Crippen LogP contribution is 2.45. The van der Waals surface area contributed by atoms with E-state index in [9.17, 15) is 5.11 Å². The van der Waals surface area contributed by atoms with E-state index in [0.717, 1.165) is 59.5 Å². The van der Waals surface area contributed by atoms with E-state index in [1.807, 2.05) is 13.0 Å². The van der Waals surface area contributed by atoms with E-state index in [4.69, 9.17) is 4.74 Å². The molecule has 2 unspecified atom stereocenters. The van der Waals surface area contributed by atoms with Gasteiger partial charge < -0.3 is 9.84 Å². The van der Waals surface area contributed by atoms with E-state index in [0.29, 0.717) is 12.2 Å². The maximum atomic E-state index is 10.7. The molecule has 2 heteroatoms. The lowest BCUT2D eigenvalue weighted by Crippen LogP contribution is -2.37. The zero-order chi connectivity index (χ0) is 24.6. The van der Waals surface area contributed by atoms with Crippen molar-refractivity contribution in [3.05, 3.63) is 34.9 Å². The Hall–Kier alpha value is -1.44. The van der Waals surface area contributed by atoms with E-state index < -0.39 is 0 Å². The topological polar surface area (TPSA) is 29.5 Å². The zero-order valence-electron chi connectivity index (χ0n) is 22.9. The highest BCUT2D eigenvalue weighted by Gasteiger charge is 2.34. The summed E-state index contributed by atoms with van der Waals surface area (Å²) in [6.45, 7) is 19.8. The Morgan fingerprint density at radius 1 is 0.939 bits per heavy atom. The first-order valence-electron chi connectivity index (χ1n) is 13.7. The summed E-state index contributed by atoms with van der Waals surface area (Å²) in [5.74, 6) is 3.97. The van der Waals surface area contributed by atoms with Crippen molar-refractivity contribution in [2.45, 2.75) is 131 Å². The van der Waals surface area contributed by atoms with Gasteiger partial charge in [0, 0.05) is 11.1 Å². The standard InChI is InChI=1S/C31H52O2/c1-9-13-27-28-19-21-31(8,33-30(28)26(7)25(6)29(27)32)20-12-18-24(5)17-11-16-23(4)15-10-14-22(2)3/h9,22-24,32H,1,10-21H2,2-8H3/t23?,24?,31-/m1/s1. The van der Waals surface area contributed by atoms with Crippen molar-refractivity contribution >= 4 is 0 Å². The average Bonchev–Trinajstić information content (AvgIpc) is 2.75. The van der Waals surface area contributed by atoms with Gasteiger partial charge in [-0.25, -0.2) is 0 Å². The molecule has 2 rings (SSSR count). The van der Waals surface area contributed by atoms with Gasteiger partial charge in [-0.15, -0.1) is 6.58 Å². The first-order chi connectivity index (χ1) is 15.6. The number of fused-ring (bicyclic) bond motifs is 1. The normalized spacial score (nSPS) is 19.8. The summed E-state index contributed by atoms with van der Waals surface area (Å²) in [6, 6.07) is 0. The molecule has 1 aliphatic heterocycles. The minimum absolute atomic E-state index is 0.0999. The minimum atomic E-state index is -0.0999. The Morgan fingerprint density at radius 2 is 1.52 bits per heavy atom. The maximum absolute atomic E-state index is 10.7. The molecule has 0 fully saturated rings. The van der Waals surface area contributed by atoms with Crippen molar-refractivity contribution in [1.29, 1.82) is 0 Å². The zero-order valence-corrected chi connectivity index (χ0v) is 22.9. The van der Waals surface area contributed by atoms with Crippen LogP contribution in [-0.2, 0) is 12.8 Å². The number of allylic oxidation sites excluding steroid dienone is 1. The van der Waals surface area contributed by atoms with Crippen LogP contribution < -0.4 is 4.74 Å². The van der Waals surface area contributed by atoms with Crippen LogP contribution in [0.3, 0.4) is 0 Å². The van der Waals surface area contributed by atoms with E-state index in [1.54, 1.807) is 0 Å². The highest BCUT2D eigenvalue weighted by molar-refractivity contribution is 5.59. The summed E-state index contributed by atoms with van der Waals surface area (Å²) in [4.78, 5) is 0. The van der Waals surface area contributed by atoms with Gasteiger partial charge in [0.05, 0.1) is 0 Å². The van der Waals surface area contributed by atoms with Gasteiger partial charge in [-0.05, 0) is 81.8 Å². The predicted octanol–water partition coefficient (Wildman–Crippen LogP) is 9.26. The smallest absolute Gasteiger partial charge is 0.127 e. The van der Waals surface area contributed by atoms with E-state index >= 15 is 0 Å². The van der Waals surface area contributed by atoms with Crippen LogP contribution in [0.15, 0.2) is 12.7 Å². The van der Waals surface area contributed by atoms with Crippen molar-refractivity contribution in [3.63, 3.8) is 0 Å². The summed E-state index contributed by atoms with van der Waals surface area (Å²) < 4.78 is 6.68. The molecule has 1 aromatic carbocycles. The number of ether oxygens (including phenoxy) is 1. The Kier molecular flexibility index (Phi) is 10.8. The van der Waals surface area contributed by atoms with Crippen LogP contribution >= 0.6 is 0 Å². The molecule has 33 heavy (non-hydrogen) atoms. The summed E-state index contributed by atoms with van der Waals surface area (Å²) >= 11 is 0. The van der Waals surface area contributed by atoms with Gasteiger partial charge in [0.25, 0.3) is 0 Å². The number of phenols is 1. The SMILES string of the molecule is C=CCc1c(O)c(C)c(C)c2c1CC[C@@](C)(CCCC(C)CCCC(C)CCCC(C)C)O2. The van der Waals surface area contributed by atoms with Gasteiger partial charge in [0.2, 0.25) is 0 Å². The molecule has 0 bridgehead atoms. The van der Waals surface area contributed by atoms with Crippen LogP contribution in [0, 0.1) is 31.6 Å². The number of hydrogen-bond donors (Lipinski definition) is 1. The maximum Gasteiger partial charge on any atom is 0.127 e. The molecule has 1 heterocycles. The Balaban J connectivity index is 1.81. The van der Waals surface area contributed by atoms with Crippen LogP contribution in [0.4, 0.5) is 0 Å².